The topological polar surface area (TPSA) is 23.1 Å². The molecule has 67 valence electrons. The van der Waals surface area contributed by atoms with Crippen molar-refractivity contribution in [1.82, 2.24) is 0 Å². The highest BCUT2D eigenvalue weighted by atomic mass is 32.2. The normalized spacial score (nSPS) is 16.4. The Hall–Kier alpha value is 0.310. The zero-order valence-electron chi connectivity index (χ0n) is 7.64. The van der Waals surface area contributed by atoms with E-state index in [4.69, 9.17) is 0 Å². The summed E-state index contributed by atoms with van der Waals surface area (Å²) >= 11 is -0.631. The Labute approximate surface area is 73.8 Å². The summed E-state index contributed by atoms with van der Waals surface area (Å²) in [5, 5.41) is 0.375. The van der Waals surface area contributed by atoms with E-state index in [9.17, 15) is 4.55 Å². The van der Waals surface area contributed by atoms with Gasteiger partial charge in [-0.3, -0.25) is 0 Å². The summed E-state index contributed by atoms with van der Waals surface area (Å²) in [5.41, 5.74) is 0. The van der Waals surface area contributed by atoms with Crippen molar-refractivity contribution in [1.29, 1.82) is 0 Å². The van der Waals surface area contributed by atoms with Crippen LogP contribution in [0.1, 0.15) is 39.0 Å². The molecule has 0 saturated carbocycles. The zero-order chi connectivity index (χ0) is 8.69. The van der Waals surface area contributed by atoms with Crippen LogP contribution in [0.5, 0.6) is 0 Å². The SMILES string of the molecule is [CH2]CCCCCC(C)[S+](C)[O-]. The van der Waals surface area contributed by atoms with Gasteiger partial charge < -0.3 is 4.55 Å². The van der Waals surface area contributed by atoms with Crippen LogP contribution in [0.2, 0.25) is 0 Å². The predicted molar refractivity (Wildman–Crippen MR) is 52.0 cm³/mol. The maximum Gasteiger partial charge on any atom is 0.112 e. The van der Waals surface area contributed by atoms with E-state index >= 15 is 0 Å². The molecule has 2 atom stereocenters. The summed E-state index contributed by atoms with van der Waals surface area (Å²) in [5.74, 6) is 0. The molecule has 0 aromatic carbocycles. The molecular formula is C9H19OS. The van der Waals surface area contributed by atoms with E-state index in [-0.39, 0.29) is 0 Å². The lowest BCUT2D eigenvalue weighted by Crippen LogP contribution is -2.15. The van der Waals surface area contributed by atoms with Gasteiger partial charge in [0.25, 0.3) is 0 Å². The Morgan fingerprint density at radius 3 is 2.45 bits per heavy atom. The van der Waals surface area contributed by atoms with Crippen LogP contribution in [-0.4, -0.2) is 16.1 Å². The third-order valence-corrected chi connectivity index (χ3v) is 3.30. The number of hydrogen-bond donors (Lipinski definition) is 0. The molecule has 0 aromatic rings. The van der Waals surface area contributed by atoms with Gasteiger partial charge in [-0.25, -0.2) is 0 Å². The molecule has 0 fully saturated rings. The van der Waals surface area contributed by atoms with Gasteiger partial charge in [0.2, 0.25) is 0 Å². The van der Waals surface area contributed by atoms with Crippen molar-refractivity contribution < 1.29 is 4.55 Å². The minimum absolute atomic E-state index is 0.375. The van der Waals surface area contributed by atoms with Crippen LogP contribution in [0.15, 0.2) is 0 Å². The Balaban J connectivity index is 3.10. The number of hydrogen-bond acceptors (Lipinski definition) is 1. The minimum Gasteiger partial charge on any atom is -0.616 e. The third kappa shape index (κ3) is 6.70. The number of unbranched alkanes of at least 4 members (excludes halogenated alkanes) is 3. The molecule has 11 heavy (non-hydrogen) atoms. The first-order valence-electron chi connectivity index (χ1n) is 4.30. The molecule has 0 spiro atoms. The average Bonchev–Trinajstić information content (AvgIpc) is 1.97. The van der Waals surface area contributed by atoms with Crippen molar-refractivity contribution in [2.45, 2.75) is 44.3 Å². The fraction of sp³-hybridized carbons (Fsp3) is 0.889. The molecule has 0 N–H and O–H groups in total. The monoisotopic (exact) mass is 175 g/mol. The van der Waals surface area contributed by atoms with E-state index in [0.29, 0.717) is 5.25 Å². The van der Waals surface area contributed by atoms with Crippen LogP contribution in [0.4, 0.5) is 0 Å². The highest BCUT2D eigenvalue weighted by Crippen LogP contribution is 2.10. The molecule has 0 saturated heterocycles. The Kier molecular flexibility index (Phi) is 7.18. The van der Waals surface area contributed by atoms with Gasteiger partial charge in [-0.2, -0.15) is 0 Å². The minimum atomic E-state index is -0.631. The summed E-state index contributed by atoms with van der Waals surface area (Å²) in [6.45, 7) is 5.83. The summed E-state index contributed by atoms with van der Waals surface area (Å²) < 4.78 is 10.9. The largest absolute Gasteiger partial charge is 0.616 e. The second kappa shape index (κ2) is 6.99. The third-order valence-electron chi connectivity index (χ3n) is 1.93. The molecule has 0 aliphatic heterocycles. The van der Waals surface area contributed by atoms with Crippen molar-refractivity contribution in [3.8, 4) is 0 Å². The van der Waals surface area contributed by atoms with Gasteiger partial charge >= 0.3 is 0 Å². The molecule has 0 rings (SSSR count). The zero-order valence-corrected chi connectivity index (χ0v) is 8.45. The highest BCUT2D eigenvalue weighted by Gasteiger charge is 2.09. The molecule has 2 unspecified atom stereocenters. The van der Waals surface area contributed by atoms with Crippen molar-refractivity contribution >= 4 is 11.2 Å². The first-order chi connectivity index (χ1) is 5.18. The van der Waals surface area contributed by atoms with Gasteiger partial charge in [-0.1, -0.05) is 37.4 Å². The van der Waals surface area contributed by atoms with Crippen molar-refractivity contribution in [3.63, 3.8) is 0 Å². The lowest BCUT2D eigenvalue weighted by atomic mass is 10.1. The molecule has 0 aromatic heterocycles. The van der Waals surface area contributed by atoms with Crippen LogP contribution >= 0.6 is 0 Å². The fourth-order valence-electron chi connectivity index (χ4n) is 0.951. The second-order valence-electron chi connectivity index (χ2n) is 3.01. The van der Waals surface area contributed by atoms with Gasteiger partial charge in [-0.05, 0) is 19.8 Å². The molecule has 1 radical (unpaired) electrons. The molecule has 0 aliphatic rings. The Morgan fingerprint density at radius 2 is 2.00 bits per heavy atom. The summed E-state index contributed by atoms with van der Waals surface area (Å²) in [6, 6.07) is 0. The van der Waals surface area contributed by atoms with Crippen LogP contribution in [-0.2, 0) is 11.2 Å². The number of rotatable bonds is 6. The molecule has 0 aliphatic carbocycles. The maximum atomic E-state index is 10.9. The van der Waals surface area contributed by atoms with Crippen LogP contribution in [0.3, 0.4) is 0 Å². The van der Waals surface area contributed by atoms with Crippen molar-refractivity contribution in [2.75, 3.05) is 6.26 Å². The van der Waals surface area contributed by atoms with E-state index in [1.54, 1.807) is 6.26 Å². The van der Waals surface area contributed by atoms with Crippen molar-refractivity contribution in [2.24, 2.45) is 0 Å². The Morgan fingerprint density at radius 1 is 1.36 bits per heavy atom. The summed E-state index contributed by atoms with van der Waals surface area (Å²) in [7, 11) is 0. The predicted octanol–water partition coefficient (Wildman–Crippen LogP) is 2.54. The first-order valence-corrected chi connectivity index (χ1v) is 5.92. The smallest absolute Gasteiger partial charge is 0.112 e. The van der Waals surface area contributed by atoms with E-state index in [1.807, 2.05) is 0 Å². The maximum absolute atomic E-state index is 10.9. The molecule has 1 nitrogen and oxygen atoms in total. The van der Waals surface area contributed by atoms with E-state index in [1.165, 1.54) is 19.3 Å². The van der Waals surface area contributed by atoms with Crippen LogP contribution < -0.4 is 0 Å². The summed E-state index contributed by atoms with van der Waals surface area (Å²) in [6.07, 6.45) is 7.57. The molecule has 0 bridgehead atoms. The molecule has 0 amide bonds. The second-order valence-corrected chi connectivity index (χ2v) is 4.81. The van der Waals surface area contributed by atoms with Gasteiger partial charge in [0.1, 0.15) is 5.25 Å². The lowest BCUT2D eigenvalue weighted by Gasteiger charge is -2.13. The van der Waals surface area contributed by atoms with Crippen LogP contribution in [0.25, 0.3) is 0 Å². The van der Waals surface area contributed by atoms with Gasteiger partial charge in [-0.15, -0.1) is 0 Å². The quantitative estimate of drug-likeness (QED) is 0.449. The lowest BCUT2D eigenvalue weighted by molar-refractivity contribution is 0.569. The van der Waals surface area contributed by atoms with E-state index in [0.717, 1.165) is 12.8 Å². The Bertz CT molecular complexity index is 83.6. The first kappa shape index (κ1) is 11.3. The van der Waals surface area contributed by atoms with E-state index in [2.05, 4.69) is 13.8 Å². The van der Waals surface area contributed by atoms with Gasteiger partial charge in [0.15, 0.2) is 0 Å². The highest BCUT2D eigenvalue weighted by molar-refractivity contribution is 7.91. The van der Waals surface area contributed by atoms with Crippen LogP contribution in [0, 0.1) is 6.92 Å². The average molecular weight is 175 g/mol. The van der Waals surface area contributed by atoms with Gasteiger partial charge in [0.05, 0.1) is 6.26 Å². The molecule has 2 heteroatoms. The fourth-order valence-corrected chi connectivity index (χ4v) is 1.45. The molecule has 0 heterocycles. The van der Waals surface area contributed by atoms with Crippen molar-refractivity contribution in [3.05, 3.63) is 6.92 Å². The standard InChI is InChI=1S/C9H19OS/c1-4-5-6-7-8-9(2)11(3)10/h9H,1,4-8H2,2-3H3. The molecular weight excluding hydrogens is 156 g/mol. The van der Waals surface area contributed by atoms with Gasteiger partial charge in [0, 0.05) is 0 Å². The van der Waals surface area contributed by atoms with E-state index < -0.39 is 11.2 Å². The summed E-state index contributed by atoms with van der Waals surface area (Å²) in [4.78, 5) is 0.